The van der Waals surface area contributed by atoms with Crippen LogP contribution in [-0.2, 0) is 5.41 Å². The Kier molecular flexibility index (Phi) is 5.06. The predicted molar refractivity (Wildman–Crippen MR) is 170 cm³/mol. The minimum absolute atomic E-state index is 0.0749. The van der Waals surface area contributed by atoms with E-state index in [1.165, 1.54) is 71.9 Å². The standard InChI is InChI=1S/C39H31N/c1-39(2)35-16-10-9-15-30(35)31-19-17-28(24-36(31)39)27-18-20-37-33(21-27)34-23-29(25-11-5-3-6-12-25)22-32(38(34)40-37)26-13-7-4-8-14-26/h3-9,11-15,17-24,40H,10,16H2,1-2H3. The van der Waals surface area contributed by atoms with E-state index < -0.39 is 0 Å². The Morgan fingerprint density at radius 2 is 1.30 bits per heavy atom. The van der Waals surface area contributed by atoms with Crippen LogP contribution in [0, 0.1) is 0 Å². The first kappa shape index (κ1) is 23.3. The summed E-state index contributed by atoms with van der Waals surface area (Å²) in [5.74, 6) is 0. The van der Waals surface area contributed by atoms with Crippen LogP contribution in [0.4, 0.5) is 0 Å². The second-order valence-electron chi connectivity index (χ2n) is 11.8. The predicted octanol–water partition coefficient (Wildman–Crippen LogP) is 10.7. The molecule has 0 spiro atoms. The summed E-state index contributed by atoms with van der Waals surface area (Å²) >= 11 is 0. The topological polar surface area (TPSA) is 15.8 Å². The minimum Gasteiger partial charge on any atom is -0.354 e. The first-order valence-electron chi connectivity index (χ1n) is 14.3. The van der Waals surface area contributed by atoms with Gasteiger partial charge in [-0.3, -0.25) is 0 Å². The molecule has 2 aliphatic carbocycles. The molecule has 0 aliphatic heterocycles. The second-order valence-corrected chi connectivity index (χ2v) is 11.8. The normalized spacial score (nSPS) is 15.6. The van der Waals surface area contributed by atoms with Crippen molar-refractivity contribution in [3.05, 3.63) is 138 Å². The summed E-state index contributed by atoms with van der Waals surface area (Å²) in [6, 6.07) is 40.2. The molecule has 0 bridgehead atoms. The molecule has 8 rings (SSSR count). The van der Waals surface area contributed by atoms with Crippen molar-refractivity contribution in [2.75, 3.05) is 0 Å². The lowest BCUT2D eigenvalue weighted by Gasteiger charge is -2.26. The smallest absolute Gasteiger partial charge is 0.0544 e. The molecule has 0 saturated carbocycles. The fraction of sp³-hybridized carbons (Fsp3) is 0.128. The van der Waals surface area contributed by atoms with Crippen molar-refractivity contribution in [2.24, 2.45) is 0 Å². The van der Waals surface area contributed by atoms with Gasteiger partial charge in [-0.25, -0.2) is 0 Å². The number of hydrogen-bond acceptors (Lipinski definition) is 0. The summed E-state index contributed by atoms with van der Waals surface area (Å²) in [5, 5.41) is 2.53. The van der Waals surface area contributed by atoms with Crippen molar-refractivity contribution in [3.8, 4) is 33.4 Å². The molecule has 6 aromatic rings. The van der Waals surface area contributed by atoms with Crippen molar-refractivity contribution in [3.63, 3.8) is 0 Å². The average Bonchev–Trinajstić information content (AvgIpc) is 3.49. The monoisotopic (exact) mass is 513 g/mol. The third kappa shape index (κ3) is 3.47. The van der Waals surface area contributed by atoms with Crippen LogP contribution in [-0.4, -0.2) is 4.98 Å². The molecule has 1 N–H and O–H groups in total. The van der Waals surface area contributed by atoms with Gasteiger partial charge < -0.3 is 4.98 Å². The maximum Gasteiger partial charge on any atom is 0.0544 e. The molecular weight excluding hydrogens is 482 g/mol. The van der Waals surface area contributed by atoms with E-state index in [9.17, 15) is 0 Å². The Hall–Kier alpha value is -4.62. The molecule has 192 valence electrons. The maximum absolute atomic E-state index is 3.78. The summed E-state index contributed by atoms with van der Waals surface area (Å²) in [6.45, 7) is 4.80. The average molecular weight is 514 g/mol. The van der Waals surface area contributed by atoms with Gasteiger partial charge in [0, 0.05) is 27.3 Å². The van der Waals surface area contributed by atoms with Crippen LogP contribution in [0.5, 0.6) is 0 Å². The van der Waals surface area contributed by atoms with E-state index >= 15 is 0 Å². The molecule has 1 heterocycles. The van der Waals surface area contributed by atoms with Crippen LogP contribution >= 0.6 is 0 Å². The van der Waals surface area contributed by atoms with Gasteiger partial charge in [-0.1, -0.05) is 110 Å². The van der Waals surface area contributed by atoms with E-state index in [1.807, 2.05) is 0 Å². The molecule has 0 atom stereocenters. The molecule has 0 saturated heterocycles. The molecular formula is C39H31N. The van der Waals surface area contributed by atoms with Gasteiger partial charge in [-0.2, -0.15) is 0 Å². The van der Waals surface area contributed by atoms with Crippen LogP contribution in [0.1, 0.15) is 37.8 Å². The van der Waals surface area contributed by atoms with Crippen molar-refractivity contribution in [1.82, 2.24) is 4.98 Å². The summed E-state index contributed by atoms with van der Waals surface area (Å²) in [5.41, 5.74) is 15.8. The molecule has 5 aromatic carbocycles. The number of allylic oxidation sites excluding steroid dienone is 4. The summed E-state index contributed by atoms with van der Waals surface area (Å²) < 4.78 is 0. The highest BCUT2D eigenvalue weighted by Gasteiger charge is 2.37. The maximum atomic E-state index is 3.78. The zero-order valence-corrected chi connectivity index (χ0v) is 23.0. The lowest BCUT2D eigenvalue weighted by Crippen LogP contribution is -2.17. The highest BCUT2D eigenvalue weighted by Crippen LogP contribution is 2.51. The number of aromatic nitrogens is 1. The van der Waals surface area contributed by atoms with E-state index in [-0.39, 0.29) is 5.41 Å². The highest BCUT2D eigenvalue weighted by atomic mass is 14.7. The van der Waals surface area contributed by atoms with Crippen molar-refractivity contribution in [2.45, 2.75) is 32.1 Å². The fourth-order valence-electron chi connectivity index (χ4n) is 7.03. The lowest BCUT2D eigenvalue weighted by molar-refractivity contribution is 0.607. The number of rotatable bonds is 3. The SMILES string of the molecule is CC1(C)C2=C(C=CCC2)c2ccc(-c3ccc4[nH]c5c(-c6ccccc6)cc(-c6ccccc6)cc5c4c3)cc21. The van der Waals surface area contributed by atoms with Crippen LogP contribution < -0.4 is 0 Å². The van der Waals surface area contributed by atoms with Gasteiger partial charge in [0.25, 0.3) is 0 Å². The fourth-order valence-corrected chi connectivity index (χ4v) is 7.03. The number of fused-ring (bicyclic) bond motifs is 5. The zero-order valence-electron chi connectivity index (χ0n) is 23.0. The molecule has 0 unspecified atom stereocenters. The summed E-state index contributed by atoms with van der Waals surface area (Å²) in [4.78, 5) is 3.78. The molecule has 0 amide bonds. The van der Waals surface area contributed by atoms with Gasteiger partial charge in [-0.15, -0.1) is 0 Å². The summed E-state index contributed by atoms with van der Waals surface area (Å²) in [6.07, 6.45) is 6.99. The van der Waals surface area contributed by atoms with E-state index in [2.05, 4.69) is 140 Å². The van der Waals surface area contributed by atoms with E-state index in [0.29, 0.717) is 0 Å². The van der Waals surface area contributed by atoms with Gasteiger partial charge in [0.1, 0.15) is 0 Å². The number of hydrogen-bond donors (Lipinski definition) is 1. The molecule has 40 heavy (non-hydrogen) atoms. The number of benzene rings is 5. The lowest BCUT2D eigenvalue weighted by atomic mass is 9.78. The molecule has 1 heteroatoms. The van der Waals surface area contributed by atoms with Crippen molar-refractivity contribution >= 4 is 27.4 Å². The van der Waals surface area contributed by atoms with Crippen LogP contribution in [0.2, 0.25) is 0 Å². The Morgan fingerprint density at radius 3 is 2.10 bits per heavy atom. The molecule has 2 aliphatic rings. The van der Waals surface area contributed by atoms with Crippen LogP contribution in [0.3, 0.4) is 0 Å². The minimum atomic E-state index is 0.0749. The van der Waals surface area contributed by atoms with Crippen molar-refractivity contribution < 1.29 is 0 Å². The Balaban J connectivity index is 1.32. The zero-order chi connectivity index (χ0) is 26.8. The molecule has 0 fully saturated rings. The van der Waals surface area contributed by atoms with Crippen LogP contribution in [0.15, 0.2) is 127 Å². The van der Waals surface area contributed by atoms with Gasteiger partial charge in [0.2, 0.25) is 0 Å². The third-order valence-electron chi connectivity index (χ3n) is 9.14. The van der Waals surface area contributed by atoms with Gasteiger partial charge >= 0.3 is 0 Å². The van der Waals surface area contributed by atoms with E-state index in [1.54, 1.807) is 5.57 Å². The first-order valence-corrected chi connectivity index (χ1v) is 14.3. The Morgan fingerprint density at radius 1 is 0.600 bits per heavy atom. The van der Waals surface area contributed by atoms with Crippen LogP contribution in [0.25, 0.3) is 60.8 Å². The van der Waals surface area contributed by atoms with E-state index in [0.717, 1.165) is 12.8 Å². The van der Waals surface area contributed by atoms with E-state index in [4.69, 9.17) is 0 Å². The van der Waals surface area contributed by atoms with Gasteiger partial charge in [-0.05, 0) is 87.7 Å². The Labute approximate surface area is 235 Å². The molecule has 1 nitrogen and oxygen atoms in total. The molecule has 1 aromatic heterocycles. The number of aromatic amines is 1. The molecule has 0 radical (unpaired) electrons. The number of H-pyrrole nitrogens is 1. The number of nitrogens with one attached hydrogen (secondary N) is 1. The largest absolute Gasteiger partial charge is 0.354 e. The second kappa shape index (κ2) is 8.69. The third-order valence-corrected chi connectivity index (χ3v) is 9.14. The first-order chi connectivity index (χ1) is 19.6. The Bertz CT molecular complexity index is 2000. The summed E-state index contributed by atoms with van der Waals surface area (Å²) in [7, 11) is 0. The van der Waals surface area contributed by atoms with Crippen molar-refractivity contribution in [1.29, 1.82) is 0 Å². The quantitative estimate of drug-likeness (QED) is 0.242. The van der Waals surface area contributed by atoms with Gasteiger partial charge in [0.15, 0.2) is 0 Å². The highest BCUT2D eigenvalue weighted by molar-refractivity contribution is 6.14. The van der Waals surface area contributed by atoms with Gasteiger partial charge in [0.05, 0.1) is 5.52 Å².